The maximum absolute atomic E-state index is 9.93. The monoisotopic (exact) mass is 778 g/mol. The fraction of sp³-hybridized carbons (Fsp3) is 0.417. The van der Waals surface area contributed by atoms with Gasteiger partial charge < -0.3 is 32.8 Å². The number of aromatic hydroxyl groups is 2. The number of benzene rings is 4. The van der Waals surface area contributed by atoms with Crippen molar-refractivity contribution < 1.29 is 31.9 Å². The van der Waals surface area contributed by atoms with Crippen LogP contribution in [-0.2, 0) is 21.7 Å². The minimum atomic E-state index is -1.70. The number of hydrogen-bond acceptors (Lipinski definition) is 2. The summed E-state index contributed by atoms with van der Waals surface area (Å²) in [6, 6.07) is 34.0. The van der Waals surface area contributed by atoms with Crippen LogP contribution in [0.3, 0.4) is 0 Å². The third-order valence-corrected chi connectivity index (χ3v) is 15.5. The van der Waals surface area contributed by atoms with E-state index in [9.17, 15) is 10.2 Å². The van der Waals surface area contributed by atoms with Gasteiger partial charge in [-0.2, -0.15) is 0 Å². The molecule has 0 amide bonds. The Morgan fingerprint density at radius 1 is 0.434 bits per heavy atom. The minimum absolute atomic E-state index is 0. The van der Waals surface area contributed by atoms with Crippen molar-refractivity contribution in [2.24, 2.45) is 0 Å². The van der Waals surface area contributed by atoms with E-state index in [1.807, 2.05) is 36.4 Å². The Hall–Kier alpha value is -2.89. The van der Waals surface area contributed by atoms with E-state index in [4.69, 9.17) is 0 Å². The molecule has 0 aromatic heterocycles. The summed E-state index contributed by atoms with van der Waals surface area (Å²) < 4.78 is 0. The first-order chi connectivity index (χ1) is 24.5. The van der Waals surface area contributed by atoms with Crippen molar-refractivity contribution in [1.82, 2.24) is 0 Å². The van der Waals surface area contributed by atoms with Gasteiger partial charge >= 0.3 is 21.7 Å². The Balaban J connectivity index is 0.000000304. The maximum Gasteiger partial charge on any atom is 2.00 e. The van der Waals surface area contributed by atoms with Crippen molar-refractivity contribution in [2.45, 2.75) is 131 Å². The minimum Gasteiger partial charge on any atom is -0.507 e. The van der Waals surface area contributed by atoms with Gasteiger partial charge in [-0.15, -0.1) is 12.8 Å². The number of para-hydroxylation sites is 2. The predicted octanol–water partition coefficient (Wildman–Crippen LogP) is 12.6. The van der Waals surface area contributed by atoms with Crippen LogP contribution in [0.1, 0.15) is 127 Å². The number of hydrogen-bond donors (Lipinski definition) is 2. The largest absolute Gasteiger partial charge is 2.00 e. The van der Waals surface area contributed by atoms with Crippen molar-refractivity contribution in [3.63, 3.8) is 0 Å². The topological polar surface area (TPSA) is 40.5 Å². The van der Waals surface area contributed by atoms with Gasteiger partial charge in [0.25, 0.3) is 0 Å². The summed E-state index contributed by atoms with van der Waals surface area (Å²) in [5.41, 5.74) is 15.1. The molecule has 282 valence electrons. The van der Waals surface area contributed by atoms with Crippen molar-refractivity contribution in [2.75, 3.05) is 0 Å². The van der Waals surface area contributed by atoms with Gasteiger partial charge in [-0.05, 0) is 62.1 Å². The molecule has 0 saturated heterocycles. The fourth-order valence-electron chi connectivity index (χ4n) is 6.81. The normalized spacial score (nSPS) is 14.9. The van der Waals surface area contributed by atoms with Crippen LogP contribution in [0.5, 0.6) is 11.5 Å². The van der Waals surface area contributed by atoms with Gasteiger partial charge in [0.1, 0.15) is 11.5 Å². The second kappa shape index (κ2) is 21.3. The molecule has 5 heteroatoms. The Morgan fingerprint density at radius 3 is 0.943 bits per heavy atom. The summed E-state index contributed by atoms with van der Waals surface area (Å²) in [4.78, 5) is 0. The molecule has 1 aliphatic rings. The molecule has 0 radical (unpaired) electrons. The van der Waals surface area contributed by atoms with Crippen LogP contribution in [0.15, 0.2) is 108 Å². The number of rotatable bonds is 8. The van der Waals surface area contributed by atoms with E-state index in [0.29, 0.717) is 35.2 Å². The van der Waals surface area contributed by atoms with Gasteiger partial charge in [-0.3, -0.25) is 0 Å². The van der Waals surface area contributed by atoms with Gasteiger partial charge in [0.15, 0.2) is 0 Å². The summed E-state index contributed by atoms with van der Waals surface area (Å²) in [5.74, 6) is 2.51. The van der Waals surface area contributed by atoms with Gasteiger partial charge in [-0.25, -0.2) is 0 Å². The average molecular weight is 779 g/mol. The molecule has 0 unspecified atom stereocenters. The number of allylic oxidation sites excluding steroid dienone is 2. The molecule has 4 aromatic carbocycles. The van der Waals surface area contributed by atoms with E-state index in [-0.39, 0.29) is 21.7 Å². The molecule has 2 nitrogen and oxygen atoms in total. The maximum atomic E-state index is 9.93. The SMILES string of the molecule is CC(C)c1cccc(C(C)C)c1O.CC(C)c1cccc(C(C)C)c1O.C[Si](C)([C-]=C1CCCCC1=[C-][Si](C)(C)c1ccccc1)c1ccccc1.[Ti+2]. The van der Waals surface area contributed by atoms with Crippen LogP contribution < -0.4 is 10.4 Å². The van der Waals surface area contributed by atoms with Crippen LogP contribution in [0.2, 0.25) is 26.2 Å². The van der Waals surface area contributed by atoms with E-state index >= 15 is 0 Å². The summed E-state index contributed by atoms with van der Waals surface area (Å²) in [6.07, 6.45) is 4.93. The van der Waals surface area contributed by atoms with E-state index < -0.39 is 16.1 Å². The molecule has 0 bridgehead atoms. The molecule has 1 saturated carbocycles. The van der Waals surface area contributed by atoms with Gasteiger partial charge in [-0.1, -0.05) is 202 Å². The molecule has 0 heterocycles. The first kappa shape index (κ1) is 46.3. The zero-order chi connectivity index (χ0) is 38.6. The molecule has 0 spiro atoms. The number of phenolic OH excluding ortho intramolecular Hbond substituents is 2. The molecular formula is C48H66O2Si2Ti. The molecule has 5 rings (SSSR count). The molecule has 1 fully saturated rings. The van der Waals surface area contributed by atoms with Crippen LogP contribution in [0, 0.1) is 11.4 Å². The summed E-state index contributed by atoms with van der Waals surface area (Å²) in [7, 11) is -3.39. The van der Waals surface area contributed by atoms with Crippen molar-refractivity contribution >= 4 is 26.5 Å². The first-order valence-electron chi connectivity index (χ1n) is 19.5. The Labute approximate surface area is 340 Å². The van der Waals surface area contributed by atoms with Crippen LogP contribution in [0.4, 0.5) is 0 Å². The molecule has 4 aromatic rings. The Bertz CT molecular complexity index is 1570. The summed E-state index contributed by atoms with van der Waals surface area (Å²) in [6.45, 7) is 26.4. The second-order valence-corrected chi connectivity index (χ2v) is 24.7. The molecule has 0 aliphatic heterocycles. The standard InChI is InChI=1S/C24H30Si2.2C12H18O.Ti/c1-25(2,23-15-7-5-8-16-23)19-21-13-11-12-14-22(21)20-26(3,4)24-17-9-6-10-18-24;2*1-8(2)10-6-5-7-11(9(3)4)12(10)13;/h5-10,15-18H,11-14H2,1-4H3;2*5-9,13H,1-4H3;/q-2;;;+2. The van der Waals surface area contributed by atoms with Gasteiger partial charge in [0.2, 0.25) is 0 Å². The van der Waals surface area contributed by atoms with Crippen molar-refractivity contribution in [3.05, 3.63) is 142 Å². The average Bonchev–Trinajstić information content (AvgIpc) is 3.10. The quantitative estimate of drug-likeness (QED) is 0.138. The zero-order valence-corrected chi connectivity index (χ0v) is 38.3. The van der Waals surface area contributed by atoms with Gasteiger partial charge in [0, 0.05) is 0 Å². The second-order valence-electron chi connectivity index (χ2n) is 16.6. The van der Waals surface area contributed by atoms with E-state index in [2.05, 4.69) is 154 Å². The molecule has 0 atom stereocenters. The molecule has 1 aliphatic carbocycles. The van der Waals surface area contributed by atoms with Crippen molar-refractivity contribution in [1.29, 1.82) is 0 Å². The molecule has 53 heavy (non-hydrogen) atoms. The predicted molar refractivity (Wildman–Crippen MR) is 232 cm³/mol. The third-order valence-electron chi connectivity index (χ3n) is 10.1. The summed E-state index contributed by atoms with van der Waals surface area (Å²) >= 11 is 0. The molecule has 2 N–H and O–H groups in total. The van der Waals surface area contributed by atoms with Crippen molar-refractivity contribution in [3.8, 4) is 11.5 Å². The van der Waals surface area contributed by atoms with Crippen LogP contribution in [0.25, 0.3) is 0 Å². The Kier molecular flexibility index (Phi) is 18.6. The fourth-order valence-corrected chi connectivity index (χ4v) is 11.2. The van der Waals surface area contributed by atoms with E-state index in [1.165, 1.54) is 47.2 Å². The third kappa shape index (κ3) is 13.4. The van der Waals surface area contributed by atoms with E-state index in [1.54, 1.807) is 0 Å². The Morgan fingerprint density at radius 2 is 0.698 bits per heavy atom. The van der Waals surface area contributed by atoms with Crippen LogP contribution in [-0.4, -0.2) is 26.4 Å². The summed E-state index contributed by atoms with van der Waals surface area (Å²) in [5, 5.41) is 22.8. The smallest absolute Gasteiger partial charge is 0.507 e. The first-order valence-corrected chi connectivity index (χ1v) is 25.5. The molecular weight excluding hydrogens is 713 g/mol. The van der Waals surface area contributed by atoms with Gasteiger partial charge in [0.05, 0.1) is 0 Å². The number of phenols is 2. The zero-order valence-electron chi connectivity index (χ0n) is 34.8. The van der Waals surface area contributed by atoms with Crippen LogP contribution >= 0.6 is 0 Å². The van der Waals surface area contributed by atoms with E-state index in [0.717, 1.165) is 22.3 Å².